The Bertz CT molecular complexity index is 435. The summed E-state index contributed by atoms with van der Waals surface area (Å²) in [5.41, 5.74) is 0.914. The van der Waals surface area contributed by atoms with Gasteiger partial charge < -0.3 is 14.9 Å². The van der Waals surface area contributed by atoms with E-state index in [9.17, 15) is 15.0 Å². The number of esters is 1. The minimum Gasteiger partial charge on any atom is -0.466 e. The first-order chi connectivity index (χ1) is 8.58. The van der Waals surface area contributed by atoms with Gasteiger partial charge in [-0.1, -0.05) is 12.1 Å². The smallest absolute Gasteiger partial charge is 0.308 e. The van der Waals surface area contributed by atoms with Crippen LogP contribution in [0.25, 0.3) is 0 Å². The first-order valence-corrected chi connectivity index (χ1v) is 5.60. The molecule has 0 amide bonds. The van der Waals surface area contributed by atoms with Crippen molar-refractivity contribution in [2.24, 2.45) is 0 Å². The molecular weight excluding hydrogens is 234 g/mol. The van der Waals surface area contributed by atoms with Crippen molar-refractivity contribution < 1.29 is 19.7 Å². The van der Waals surface area contributed by atoms with E-state index in [4.69, 9.17) is 5.26 Å². The van der Waals surface area contributed by atoms with Gasteiger partial charge in [0.05, 0.1) is 30.8 Å². The summed E-state index contributed by atoms with van der Waals surface area (Å²) in [5.74, 6) is -0.558. The molecule has 0 bridgehead atoms. The third-order valence-electron chi connectivity index (χ3n) is 2.43. The number of rotatable bonds is 5. The predicted octanol–water partition coefficient (Wildman–Crippen LogP) is 0.906. The fourth-order valence-electron chi connectivity index (χ4n) is 1.48. The highest BCUT2D eigenvalue weighted by Gasteiger charge is 2.21. The van der Waals surface area contributed by atoms with Gasteiger partial charge >= 0.3 is 5.97 Å². The number of ether oxygens (including phenoxy) is 1. The van der Waals surface area contributed by atoms with Crippen LogP contribution in [0.2, 0.25) is 0 Å². The molecule has 5 heteroatoms. The van der Waals surface area contributed by atoms with E-state index in [1.165, 1.54) is 24.3 Å². The zero-order valence-corrected chi connectivity index (χ0v) is 10.0. The molecule has 2 atom stereocenters. The normalized spacial score (nSPS) is 13.4. The van der Waals surface area contributed by atoms with Crippen LogP contribution in [0.15, 0.2) is 24.3 Å². The summed E-state index contributed by atoms with van der Waals surface area (Å²) >= 11 is 0. The lowest BCUT2D eigenvalue weighted by atomic mass is 10.0. The van der Waals surface area contributed by atoms with Crippen LogP contribution in [0.4, 0.5) is 0 Å². The Morgan fingerprint density at radius 3 is 2.50 bits per heavy atom. The summed E-state index contributed by atoms with van der Waals surface area (Å²) in [7, 11) is 0. The topological polar surface area (TPSA) is 90.6 Å². The monoisotopic (exact) mass is 249 g/mol. The summed E-state index contributed by atoms with van der Waals surface area (Å²) < 4.78 is 4.68. The summed E-state index contributed by atoms with van der Waals surface area (Å²) in [6.07, 6.45) is -2.67. The second kappa shape index (κ2) is 6.74. The van der Waals surface area contributed by atoms with Gasteiger partial charge in [0.15, 0.2) is 0 Å². The molecule has 0 saturated heterocycles. The van der Waals surface area contributed by atoms with Crippen molar-refractivity contribution in [2.75, 3.05) is 6.61 Å². The molecule has 5 nitrogen and oxygen atoms in total. The van der Waals surface area contributed by atoms with E-state index < -0.39 is 18.2 Å². The average Bonchev–Trinajstić information content (AvgIpc) is 2.38. The number of benzene rings is 1. The second-order valence-corrected chi connectivity index (χ2v) is 3.76. The summed E-state index contributed by atoms with van der Waals surface area (Å²) in [4.78, 5) is 11.2. The third-order valence-corrected chi connectivity index (χ3v) is 2.43. The number of aliphatic hydroxyl groups excluding tert-OH is 2. The summed E-state index contributed by atoms with van der Waals surface area (Å²) in [6.45, 7) is 1.90. The molecule has 1 aromatic rings. The molecule has 0 aromatic heterocycles. The van der Waals surface area contributed by atoms with E-state index in [1.54, 1.807) is 6.92 Å². The van der Waals surface area contributed by atoms with Crippen LogP contribution >= 0.6 is 0 Å². The molecule has 0 aliphatic carbocycles. The molecule has 0 radical (unpaired) electrons. The van der Waals surface area contributed by atoms with Gasteiger partial charge in [-0.25, -0.2) is 0 Å². The van der Waals surface area contributed by atoms with Gasteiger partial charge in [-0.3, -0.25) is 4.79 Å². The maximum absolute atomic E-state index is 11.2. The van der Waals surface area contributed by atoms with E-state index in [1.807, 2.05) is 6.07 Å². The Kier molecular flexibility index (Phi) is 5.31. The number of hydrogen-bond acceptors (Lipinski definition) is 5. The number of nitrogens with zero attached hydrogens (tertiary/aromatic N) is 1. The van der Waals surface area contributed by atoms with Crippen molar-refractivity contribution >= 4 is 5.97 Å². The largest absolute Gasteiger partial charge is 0.466 e. The van der Waals surface area contributed by atoms with Crippen LogP contribution in [-0.4, -0.2) is 28.9 Å². The molecule has 2 N–H and O–H groups in total. The van der Waals surface area contributed by atoms with E-state index in [2.05, 4.69) is 4.74 Å². The molecule has 1 aromatic carbocycles. The molecule has 1 rings (SSSR count). The SMILES string of the molecule is CCOC(=O)CC(O)C(O)c1ccc(C#N)cc1. The lowest BCUT2D eigenvalue weighted by Gasteiger charge is -2.17. The van der Waals surface area contributed by atoms with Gasteiger partial charge in [-0.05, 0) is 24.6 Å². The minimum atomic E-state index is -1.23. The van der Waals surface area contributed by atoms with E-state index in [-0.39, 0.29) is 13.0 Å². The van der Waals surface area contributed by atoms with E-state index in [0.717, 1.165) is 0 Å². The number of hydrogen-bond donors (Lipinski definition) is 2. The van der Waals surface area contributed by atoms with Gasteiger partial charge in [0.2, 0.25) is 0 Å². The lowest BCUT2D eigenvalue weighted by molar-refractivity contribution is -0.147. The molecule has 18 heavy (non-hydrogen) atoms. The number of carbonyl (C=O) groups excluding carboxylic acids is 1. The molecule has 0 saturated carbocycles. The van der Waals surface area contributed by atoms with Gasteiger partial charge in [0.1, 0.15) is 6.10 Å². The van der Waals surface area contributed by atoms with Crippen LogP contribution < -0.4 is 0 Å². The highest BCUT2D eigenvalue weighted by Crippen LogP contribution is 2.19. The molecular formula is C13H15NO4. The van der Waals surface area contributed by atoms with E-state index >= 15 is 0 Å². The molecule has 0 spiro atoms. The Morgan fingerprint density at radius 1 is 1.39 bits per heavy atom. The molecule has 2 unspecified atom stereocenters. The Hall–Kier alpha value is -1.90. The summed E-state index contributed by atoms with van der Waals surface area (Å²) in [5, 5.41) is 28.1. The molecule has 96 valence electrons. The fourth-order valence-corrected chi connectivity index (χ4v) is 1.48. The van der Waals surface area contributed by atoms with Crippen molar-refractivity contribution in [2.45, 2.75) is 25.6 Å². The minimum absolute atomic E-state index is 0.235. The van der Waals surface area contributed by atoms with Crippen molar-refractivity contribution in [3.8, 4) is 6.07 Å². The fraction of sp³-hybridized carbons (Fsp3) is 0.385. The lowest BCUT2D eigenvalue weighted by Crippen LogP contribution is -2.23. The van der Waals surface area contributed by atoms with Crippen LogP contribution in [0.1, 0.15) is 30.6 Å². The Morgan fingerprint density at radius 2 is 2.00 bits per heavy atom. The highest BCUT2D eigenvalue weighted by molar-refractivity contribution is 5.70. The zero-order valence-electron chi connectivity index (χ0n) is 10.0. The average molecular weight is 249 g/mol. The van der Waals surface area contributed by atoms with Crippen molar-refractivity contribution in [1.29, 1.82) is 5.26 Å². The van der Waals surface area contributed by atoms with Crippen molar-refractivity contribution in [3.63, 3.8) is 0 Å². The number of carbonyl (C=O) groups is 1. The molecule has 0 aliphatic rings. The maximum atomic E-state index is 11.2. The molecule has 0 fully saturated rings. The third kappa shape index (κ3) is 3.84. The van der Waals surface area contributed by atoms with Crippen molar-refractivity contribution in [1.82, 2.24) is 0 Å². The Balaban J connectivity index is 2.65. The maximum Gasteiger partial charge on any atom is 0.308 e. The summed E-state index contributed by atoms with van der Waals surface area (Å²) in [6, 6.07) is 8.11. The Labute approximate surface area is 105 Å². The number of nitriles is 1. The van der Waals surface area contributed by atoms with Gasteiger partial charge in [-0.15, -0.1) is 0 Å². The number of aliphatic hydroxyl groups is 2. The van der Waals surface area contributed by atoms with E-state index in [0.29, 0.717) is 11.1 Å². The van der Waals surface area contributed by atoms with Crippen LogP contribution in [0.3, 0.4) is 0 Å². The standard InChI is InChI=1S/C13H15NO4/c1-2-18-12(16)7-11(15)13(17)10-5-3-9(8-14)4-6-10/h3-6,11,13,15,17H,2,7H2,1H3. The quantitative estimate of drug-likeness (QED) is 0.757. The van der Waals surface area contributed by atoms with Crippen molar-refractivity contribution in [3.05, 3.63) is 35.4 Å². The van der Waals surface area contributed by atoms with Crippen LogP contribution in [0, 0.1) is 11.3 Å². The van der Waals surface area contributed by atoms with Gasteiger partial charge in [-0.2, -0.15) is 5.26 Å². The highest BCUT2D eigenvalue weighted by atomic mass is 16.5. The molecule has 0 aliphatic heterocycles. The zero-order chi connectivity index (χ0) is 13.5. The van der Waals surface area contributed by atoms with Gasteiger partial charge in [0.25, 0.3) is 0 Å². The predicted molar refractivity (Wildman–Crippen MR) is 63.4 cm³/mol. The first-order valence-electron chi connectivity index (χ1n) is 5.60. The van der Waals surface area contributed by atoms with Gasteiger partial charge in [0, 0.05) is 0 Å². The van der Waals surface area contributed by atoms with Crippen LogP contribution in [-0.2, 0) is 9.53 Å². The molecule has 0 heterocycles. The first kappa shape index (κ1) is 14.2. The van der Waals surface area contributed by atoms with Crippen LogP contribution in [0.5, 0.6) is 0 Å². The second-order valence-electron chi connectivity index (χ2n) is 3.76.